The SMILES string of the molecule is C/C=C\C=C(/C)N1c2c(oc3c2ccc2oc4ccccc4c23)B(c2ccccc2C)C2=C(Nc3ccccc3)C=CCC21. The predicted molar refractivity (Wildman–Crippen MR) is 185 cm³/mol. The molecule has 8 rings (SSSR count). The third kappa shape index (κ3) is 4.07. The number of rotatable bonds is 5. The lowest BCUT2D eigenvalue weighted by Crippen LogP contribution is -2.58. The first-order chi connectivity index (χ1) is 21.6. The molecule has 0 radical (unpaired) electrons. The van der Waals surface area contributed by atoms with E-state index in [1.807, 2.05) is 12.1 Å². The number of fused-ring (bicyclic) bond motifs is 8. The number of para-hydroxylation sites is 2. The summed E-state index contributed by atoms with van der Waals surface area (Å²) in [4.78, 5) is 2.51. The smallest absolute Gasteiger partial charge is 0.291 e. The van der Waals surface area contributed by atoms with Crippen LogP contribution in [0.1, 0.15) is 25.8 Å². The number of aryl methyl sites for hydroxylation is 1. The highest BCUT2D eigenvalue weighted by Gasteiger charge is 2.47. The average Bonchev–Trinajstić information content (AvgIpc) is 3.62. The Hall–Kier alpha value is -5.16. The zero-order valence-corrected chi connectivity index (χ0v) is 25.2. The molecule has 2 aliphatic rings. The van der Waals surface area contributed by atoms with E-state index in [1.165, 1.54) is 22.2 Å². The maximum Gasteiger partial charge on any atom is 0.291 e. The summed E-state index contributed by atoms with van der Waals surface area (Å²) in [6, 6.07) is 31.8. The molecule has 44 heavy (non-hydrogen) atoms. The van der Waals surface area contributed by atoms with E-state index in [0.29, 0.717) is 0 Å². The molecule has 0 bridgehead atoms. The molecule has 1 aliphatic carbocycles. The number of hydrogen-bond acceptors (Lipinski definition) is 4. The first kappa shape index (κ1) is 26.5. The summed E-state index contributed by atoms with van der Waals surface area (Å²) in [5, 5.41) is 7.01. The molecule has 0 saturated heterocycles. The summed E-state index contributed by atoms with van der Waals surface area (Å²) in [5.41, 5.74) is 11.9. The molecule has 1 aliphatic heterocycles. The van der Waals surface area contributed by atoms with Crippen LogP contribution in [0.5, 0.6) is 0 Å². The molecule has 1 unspecified atom stereocenters. The molecule has 4 nitrogen and oxygen atoms in total. The first-order valence-electron chi connectivity index (χ1n) is 15.4. The Morgan fingerprint density at radius 1 is 0.886 bits per heavy atom. The molecule has 2 aromatic heterocycles. The zero-order chi connectivity index (χ0) is 29.8. The van der Waals surface area contributed by atoms with Gasteiger partial charge in [-0.2, -0.15) is 0 Å². The Bertz CT molecular complexity index is 2180. The molecule has 6 aromatic rings. The first-order valence-corrected chi connectivity index (χ1v) is 15.4. The van der Waals surface area contributed by atoms with Gasteiger partial charge in [-0.1, -0.05) is 89.9 Å². The summed E-state index contributed by atoms with van der Waals surface area (Å²) in [7, 11) is 0. The number of hydrogen-bond donors (Lipinski definition) is 1. The van der Waals surface area contributed by atoms with Crippen molar-refractivity contribution in [3.05, 3.63) is 144 Å². The molecule has 0 amide bonds. The summed E-state index contributed by atoms with van der Waals surface area (Å²) in [5.74, 6) is 0. The van der Waals surface area contributed by atoms with Crippen molar-refractivity contribution < 1.29 is 8.83 Å². The largest absolute Gasteiger partial charge is 0.467 e. The zero-order valence-electron chi connectivity index (χ0n) is 25.2. The van der Waals surface area contributed by atoms with Crippen LogP contribution in [0.3, 0.4) is 0 Å². The molecule has 1 N–H and O–H groups in total. The maximum absolute atomic E-state index is 7.19. The van der Waals surface area contributed by atoms with Crippen LogP contribution < -0.4 is 21.3 Å². The number of benzene rings is 4. The van der Waals surface area contributed by atoms with E-state index in [1.54, 1.807) is 0 Å². The van der Waals surface area contributed by atoms with E-state index in [-0.39, 0.29) is 12.8 Å². The molecule has 4 aromatic carbocycles. The predicted octanol–water partition coefficient (Wildman–Crippen LogP) is 8.78. The maximum atomic E-state index is 7.19. The number of allylic oxidation sites excluding steroid dienone is 5. The van der Waals surface area contributed by atoms with Gasteiger partial charge in [0.1, 0.15) is 16.7 Å². The molecule has 3 heterocycles. The molecular weight excluding hydrogens is 539 g/mol. The van der Waals surface area contributed by atoms with Crippen LogP contribution in [0.4, 0.5) is 11.4 Å². The highest BCUT2D eigenvalue weighted by Crippen LogP contribution is 2.45. The van der Waals surface area contributed by atoms with Crippen molar-refractivity contribution in [2.75, 3.05) is 10.2 Å². The van der Waals surface area contributed by atoms with Crippen LogP contribution in [-0.4, -0.2) is 12.8 Å². The van der Waals surface area contributed by atoms with Crippen molar-refractivity contribution in [1.29, 1.82) is 0 Å². The second-order valence-corrected chi connectivity index (χ2v) is 11.7. The van der Waals surface area contributed by atoms with Crippen molar-refractivity contribution >= 4 is 62.1 Å². The monoisotopic (exact) mass is 572 g/mol. The molecule has 214 valence electrons. The van der Waals surface area contributed by atoms with Crippen LogP contribution in [0.25, 0.3) is 32.9 Å². The minimum Gasteiger partial charge on any atom is -0.467 e. The Morgan fingerprint density at radius 2 is 1.68 bits per heavy atom. The lowest BCUT2D eigenvalue weighted by molar-refractivity contribution is 0.640. The minimum atomic E-state index is -0.0706. The van der Waals surface area contributed by atoms with E-state index in [4.69, 9.17) is 8.83 Å². The fourth-order valence-electron chi connectivity index (χ4n) is 7.17. The number of nitrogens with one attached hydrogen (secondary N) is 1. The lowest BCUT2D eigenvalue weighted by Gasteiger charge is -2.44. The van der Waals surface area contributed by atoms with Crippen molar-refractivity contribution in [3.8, 4) is 0 Å². The van der Waals surface area contributed by atoms with Gasteiger partial charge in [0, 0.05) is 27.9 Å². The quantitative estimate of drug-likeness (QED) is 0.166. The number of furan rings is 2. The Kier molecular flexibility index (Phi) is 6.34. The van der Waals surface area contributed by atoms with E-state index >= 15 is 0 Å². The topological polar surface area (TPSA) is 41.6 Å². The summed E-state index contributed by atoms with van der Waals surface area (Å²) in [6.07, 6.45) is 11.9. The van der Waals surface area contributed by atoms with Gasteiger partial charge in [-0.05, 0) is 75.1 Å². The highest BCUT2D eigenvalue weighted by atomic mass is 16.3. The van der Waals surface area contributed by atoms with Gasteiger partial charge in [0.2, 0.25) is 0 Å². The molecular formula is C39H33BN2O2. The Morgan fingerprint density at radius 3 is 2.52 bits per heavy atom. The van der Waals surface area contributed by atoms with Gasteiger partial charge >= 0.3 is 0 Å². The second-order valence-electron chi connectivity index (χ2n) is 11.7. The summed E-state index contributed by atoms with van der Waals surface area (Å²) in [6.45, 7) is 6.41. The van der Waals surface area contributed by atoms with Crippen molar-refractivity contribution in [2.45, 2.75) is 33.2 Å². The molecule has 0 saturated carbocycles. The molecule has 0 fully saturated rings. The normalized spacial score (nSPS) is 16.9. The Labute approximate surface area is 257 Å². The number of anilines is 2. The third-order valence-electron chi connectivity index (χ3n) is 9.10. The fourth-order valence-corrected chi connectivity index (χ4v) is 7.17. The van der Waals surface area contributed by atoms with Crippen LogP contribution >= 0.6 is 0 Å². The van der Waals surface area contributed by atoms with E-state index in [2.05, 4.69) is 140 Å². The summed E-state index contributed by atoms with van der Waals surface area (Å²) < 4.78 is 13.5. The highest BCUT2D eigenvalue weighted by molar-refractivity contribution is 6.92. The van der Waals surface area contributed by atoms with Gasteiger partial charge in [-0.3, -0.25) is 0 Å². The standard InChI is InChI=1S/C39H33BN2O2/c1-4-5-15-26(3)42-32-21-13-20-31(41-27-16-7-6-8-17-27)36(32)40(30-19-11-9-14-25(30)2)39-37(42)29-23-24-34-35(38(29)44-39)28-18-10-12-22-33(28)43-34/h4-20,22-24,32,41H,21H2,1-3H3/b5-4-,26-15+. The van der Waals surface area contributed by atoms with E-state index < -0.39 is 0 Å². The van der Waals surface area contributed by atoms with E-state index in [0.717, 1.165) is 62.1 Å². The average molecular weight is 573 g/mol. The van der Waals surface area contributed by atoms with Gasteiger partial charge in [0.25, 0.3) is 6.71 Å². The van der Waals surface area contributed by atoms with Crippen LogP contribution in [0.2, 0.25) is 0 Å². The Balaban J connectivity index is 1.49. The minimum absolute atomic E-state index is 0.0706. The van der Waals surface area contributed by atoms with Gasteiger partial charge in [0.15, 0.2) is 0 Å². The van der Waals surface area contributed by atoms with Crippen molar-refractivity contribution in [2.24, 2.45) is 0 Å². The van der Waals surface area contributed by atoms with E-state index in [9.17, 15) is 0 Å². The van der Waals surface area contributed by atoms with Gasteiger partial charge in [-0.15, -0.1) is 0 Å². The third-order valence-corrected chi connectivity index (χ3v) is 9.10. The molecule has 0 spiro atoms. The van der Waals surface area contributed by atoms with Crippen LogP contribution in [-0.2, 0) is 0 Å². The molecule has 1 atom stereocenters. The van der Waals surface area contributed by atoms with Gasteiger partial charge in [0.05, 0.1) is 22.8 Å². The van der Waals surface area contributed by atoms with Crippen LogP contribution in [0.15, 0.2) is 147 Å². The van der Waals surface area contributed by atoms with Gasteiger partial charge in [-0.25, -0.2) is 0 Å². The van der Waals surface area contributed by atoms with Crippen LogP contribution in [0, 0.1) is 6.92 Å². The summed E-state index contributed by atoms with van der Waals surface area (Å²) >= 11 is 0. The molecule has 5 heteroatoms. The number of nitrogens with zero attached hydrogens (tertiary/aromatic N) is 1. The van der Waals surface area contributed by atoms with Crippen molar-refractivity contribution in [3.63, 3.8) is 0 Å². The second kappa shape index (κ2) is 10.5. The van der Waals surface area contributed by atoms with Gasteiger partial charge < -0.3 is 19.1 Å². The fraction of sp³-hybridized carbons (Fsp3) is 0.128. The lowest BCUT2D eigenvalue weighted by atomic mass is 9.34. The van der Waals surface area contributed by atoms with Crippen molar-refractivity contribution in [1.82, 2.24) is 0 Å².